The number of nitrogens with two attached hydrogens (primary N) is 1. The molecule has 6 nitrogen and oxygen atoms in total. The van der Waals surface area contributed by atoms with Gasteiger partial charge in [0.05, 0.1) is 4.92 Å². The van der Waals surface area contributed by atoms with Crippen LogP contribution in [0.5, 0.6) is 0 Å². The van der Waals surface area contributed by atoms with Crippen molar-refractivity contribution in [3.8, 4) is 0 Å². The Morgan fingerprint density at radius 3 is 2.75 bits per heavy atom. The second-order valence-corrected chi connectivity index (χ2v) is 5.57. The van der Waals surface area contributed by atoms with Gasteiger partial charge >= 0.3 is 0 Å². The fourth-order valence-electron chi connectivity index (χ4n) is 2.69. The van der Waals surface area contributed by atoms with Crippen LogP contribution in [0.3, 0.4) is 0 Å². The van der Waals surface area contributed by atoms with E-state index in [1.54, 1.807) is 24.0 Å². The third kappa shape index (κ3) is 2.96. The van der Waals surface area contributed by atoms with Crippen molar-refractivity contribution in [1.82, 2.24) is 4.90 Å². The van der Waals surface area contributed by atoms with Crippen LogP contribution in [0.1, 0.15) is 29.3 Å². The second kappa shape index (κ2) is 5.58. The van der Waals surface area contributed by atoms with Crippen LogP contribution in [0.4, 0.5) is 5.69 Å². The normalized spacial score (nSPS) is 22.6. The van der Waals surface area contributed by atoms with E-state index in [0.717, 1.165) is 6.42 Å². The van der Waals surface area contributed by atoms with Crippen LogP contribution in [0.25, 0.3) is 0 Å². The van der Waals surface area contributed by atoms with Crippen molar-refractivity contribution >= 4 is 11.6 Å². The summed E-state index contributed by atoms with van der Waals surface area (Å²) in [5.74, 6) is 0.165. The van der Waals surface area contributed by atoms with Gasteiger partial charge in [0.25, 0.3) is 11.6 Å². The number of likely N-dealkylation sites (tertiary alicyclic amines) is 1. The smallest absolute Gasteiger partial charge is 0.273 e. The van der Waals surface area contributed by atoms with Crippen LogP contribution in [0.2, 0.25) is 0 Å². The Labute approximate surface area is 117 Å². The second-order valence-electron chi connectivity index (χ2n) is 5.57. The molecule has 108 valence electrons. The summed E-state index contributed by atoms with van der Waals surface area (Å²) >= 11 is 0. The standard InChI is InChI=1S/C14H19N3O3/c1-9-5-12(15)8-16(7-9)14(18)11-4-3-10(2)13(6-11)17(19)20/h3-4,6,9,12H,5,7-8,15H2,1-2H3. The van der Waals surface area contributed by atoms with E-state index in [9.17, 15) is 14.9 Å². The van der Waals surface area contributed by atoms with E-state index in [1.807, 2.05) is 0 Å². The van der Waals surface area contributed by atoms with Crippen LogP contribution in [-0.4, -0.2) is 34.9 Å². The van der Waals surface area contributed by atoms with Crippen molar-refractivity contribution in [3.63, 3.8) is 0 Å². The molecule has 1 aromatic carbocycles. The average Bonchev–Trinajstić information content (AvgIpc) is 2.37. The van der Waals surface area contributed by atoms with Gasteiger partial charge in [-0.3, -0.25) is 14.9 Å². The van der Waals surface area contributed by atoms with Crippen LogP contribution >= 0.6 is 0 Å². The fraction of sp³-hybridized carbons (Fsp3) is 0.500. The lowest BCUT2D eigenvalue weighted by Gasteiger charge is -2.34. The SMILES string of the molecule is Cc1ccc(C(=O)N2CC(C)CC(N)C2)cc1[N+](=O)[O-]. The van der Waals surface area contributed by atoms with E-state index >= 15 is 0 Å². The number of benzene rings is 1. The molecule has 0 spiro atoms. The number of hydrogen-bond acceptors (Lipinski definition) is 4. The fourth-order valence-corrected chi connectivity index (χ4v) is 2.69. The minimum Gasteiger partial charge on any atom is -0.337 e. The summed E-state index contributed by atoms with van der Waals surface area (Å²) in [4.78, 5) is 24.6. The maximum Gasteiger partial charge on any atom is 0.273 e. The minimum absolute atomic E-state index is 0.0230. The lowest BCUT2D eigenvalue weighted by Crippen LogP contribution is -2.48. The first-order valence-corrected chi connectivity index (χ1v) is 6.68. The molecule has 1 saturated heterocycles. The number of nitro groups is 1. The molecule has 2 rings (SSSR count). The van der Waals surface area contributed by atoms with E-state index in [0.29, 0.717) is 30.1 Å². The predicted octanol–water partition coefficient (Wildman–Crippen LogP) is 1.71. The first kappa shape index (κ1) is 14.5. The number of nitro benzene ring substituents is 1. The zero-order valence-electron chi connectivity index (χ0n) is 11.7. The third-order valence-corrected chi connectivity index (χ3v) is 3.63. The van der Waals surface area contributed by atoms with Crippen LogP contribution in [-0.2, 0) is 0 Å². The Morgan fingerprint density at radius 2 is 2.15 bits per heavy atom. The molecule has 1 aliphatic heterocycles. The predicted molar refractivity (Wildman–Crippen MR) is 75.5 cm³/mol. The number of rotatable bonds is 2. The van der Waals surface area contributed by atoms with Crippen molar-refractivity contribution in [2.45, 2.75) is 26.3 Å². The number of carbonyl (C=O) groups is 1. The summed E-state index contributed by atoms with van der Waals surface area (Å²) in [6.45, 7) is 4.86. The first-order chi connectivity index (χ1) is 9.38. The molecule has 0 bridgehead atoms. The van der Waals surface area contributed by atoms with E-state index < -0.39 is 4.92 Å². The molecule has 0 aliphatic carbocycles. The summed E-state index contributed by atoms with van der Waals surface area (Å²) in [7, 11) is 0. The molecule has 2 atom stereocenters. The zero-order chi connectivity index (χ0) is 14.9. The Hall–Kier alpha value is -1.95. The number of nitrogens with zero attached hydrogens (tertiary/aromatic N) is 2. The zero-order valence-corrected chi connectivity index (χ0v) is 11.7. The molecule has 6 heteroatoms. The van der Waals surface area contributed by atoms with Crippen LogP contribution in [0.15, 0.2) is 18.2 Å². The molecule has 1 heterocycles. The van der Waals surface area contributed by atoms with Gasteiger partial charge in [-0.2, -0.15) is 0 Å². The van der Waals surface area contributed by atoms with Gasteiger partial charge in [0, 0.05) is 36.3 Å². The Kier molecular flexibility index (Phi) is 4.04. The van der Waals surface area contributed by atoms with Crippen molar-refractivity contribution in [2.24, 2.45) is 11.7 Å². The maximum absolute atomic E-state index is 12.4. The number of hydrogen-bond donors (Lipinski definition) is 1. The molecule has 0 radical (unpaired) electrons. The molecule has 1 aromatic rings. The quantitative estimate of drug-likeness (QED) is 0.658. The molecule has 1 fully saturated rings. The monoisotopic (exact) mass is 277 g/mol. The van der Waals surface area contributed by atoms with Gasteiger partial charge in [-0.1, -0.05) is 13.0 Å². The lowest BCUT2D eigenvalue weighted by molar-refractivity contribution is -0.385. The first-order valence-electron chi connectivity index (χ1n) is 6.68. The molecule has 2 unspecified atom stereocenters. The largest absolute Gasteiger partial charge is 0.337 e. The molecule has 2 N–H and O–H groups in total. The van der Waals surface area contributed by atoms with Crippen molar-refractivity contribution < 1.29 is 9.72 Å². The van der Waals surface area contributed by atoms with Gasteiger partial charge in [0.15, 0.2) is 0 Å². The van der Waals surface area contributed by atoms with Gasteiger partial charge in [0.2, 0.25) is 0 Å². The van der Waals surface area contributed by atoms with E-state index in [2.05, 4.69) is 6.92 Å². The lowest BCUT2D eigenvalue weighted by atomic mass is 9.96. The van der Waals surface area contributed by atoms with Gasteiger partial charge in [0.1, 0.15) is 0 Å². The number of piperidine rings is 1. The van der Waals surface area contributed by atoms with Gasteiger partial charge in [-0.15, -0.1) is 0 Å². The number of aryl methyl sites for hydroxylation is 1. The van der Waals surface area contributed by atoms with Gasteiger partial charge in [-0.25, -0.2) is 0 Å². The summed E-state index contributed by atoms with van der Waals surface area (Å²) in [5.41, 5.74) is 6.81. The maximum atomic E-state index is 12.4. The molecule has 0 saturated carbocycles. The van der Waals surface area contributed by atoms with E-state index in [-0.39, 0.29) is 17.6 Å². The molecular weight excluding hydrogens is 258 g/mol. The number of carbonyl (C=O) groups excluding carboxylic acids is 1. The molecule has 20 heavy (non-hydrogen) atoms. The van der Waals surface area contributed by atoms with Crippen LogP contribution in [0, 0.1) is 23.0 Å². The van der Waals surface area contributed by atoms with Crippen molar-refractivity contribution in [2.75, 3.05) is 13.1 Å². The number of amides is 1. The van der Waals surface area contributed by atoms with E-state index in [4.69, 9.17) is 5.73 Å². The highest BCUT2D eigenvalue weighted by atomic mass is 16.6. The van der Waals surface area contributed by atoms with Crippen LogP contribution < -0.4 is 5.73 Å². The highest BCUT2D eigenvalue weighted by Gasteiger charge is 2.27. The molecule has 1 aliphatic rings. The van der Waals surface area contributed by atoms with Gasteiger partial charge < -0.3 is 10.6 Å². The highest BCUT2D eigenvalue weighted by molar-refractivity contribution is 5.95. The Bertz CT molecular complexity index is 534. The summed E-state index contributed by atoms with van der Waals surface area (Å²) in [5, 5.41) is 10.9. The van der Waals surface area contributed by atoms with Crippen molar-refractivity contribution in [3.05, 3.63) is 39.4 Å². The topological polar surface area (TPSA) is 89.5 Å². The Morgan fingerprint density at radius 1 is 1.45 bits per heavy atom. The summed E-state index contributed by atoms with van der Waals surface area (Å²) in [6, 6.07) is 4.57. The van der Waals surface area contributed by atoms with E-state index in [1.165, 1.54) is 6.07 Å². The summed E-state index contributed by atoms with van der Waals surface area (Å²) in [6.07, 6.45) is 0.901. The van der Waals surface area contributed by atoms with Crippen molar-refractivity contribution in [1.29, 1.82) is 0 Å². The molecule has 0 aromatic heterocycles. The minimum atomic E-state index is -0.462. The molecular formula is C14H19N3O3. The van der Waals surface area contributed by atoms with Gasteiger partial charge in [-0.05, 0) is 25.3 Å². The summed E-state index contributed by atoms with van der Waals surface area (Å²) < 4.78 is 0. The Balaban J connectivity index is 2.25. The third-order valence-electron chi connectivity index (χ3n) is 3.63. The molecule has 1 amide bonds. The average molecular weight is 277 g/mol. The highest BCUT2D eigenvalue weighted by Crippen LogP contribution is 2.22.